The SMILES string of the molecule is O=C1NC(=O)c2cc(NS(=O)(=O)c3cccc4cccnc34)ccc21. The fourth-order valence-electron chi connectivity index (χ4n) is 2.73. The van der Waals surface area contributed by atoms with E-state index in [9.17, 15) is 18.0 Å². The van der Waals surface area contributed by atoms with Crippen LogP contribution < -0.4 is 10.0 Å². The molecule has 0 saturated heterocycles. The van der Waals surface area contributed by atoms with Crippen LogP contribution in [0.1, 0.15) is 20.7 Å². The highest BCUT2D eigenvalue weighted by atomic mass is 32.2. The predicted octanol–water partition coefficient (Wildman–Crippen LogP) is 1.92. The number of hydrogen-bond donors (Lipinski definition) is 2. The molecule has 124 valence electrons. The van der Waals surface area contributed by atoms with E-state index in [2.05, 4.69) is 15.0 Å². The quantitative estimate of drug-likeness (QED) is 0.700. The summed E-state index contributed by atoms with van der Waals surface area (Å²) in [6.45, 7) is 0. The second-order valence-corrected chi connectivity index (χ2v) is 7.13. The number of pyridine rings is 1. The Labute approximate surface area is 142 Å². The number of benzene rings is 2. The molecule has 8 heteroatoms. The monoisotopic (exact) mass is 353 g/mol. The maximum atomic E-state index is 12.7. The van der Waals surface area contributed by atoms with Crippen LogP contribution in [-0.2, 0) is 10.0 Å². The standard InChI is InChI=1S/C17H11N3O4S/c21-16-12-7-6-11(9-13(12)17(22)19-16)20-25(23,24)14-5-1-3-10-4-2-8-18-15(10)14/h1-9,20H,(H,19,21,22). The van der Waals surface area contributed by atoms with E-state index in [0.717, 1.165) is 0 Å². The average molecular weight is 353 g/mol. The van der Waals surface area contributed by atoms with Gasteiger partial charge in [-0.05, 0) is 30.3 Å². The molecule has 0 radical (unpaired) electrons. The average Bonchev–Trinajstić information content (AvgIpc) is 2.88. The molecule has 0 fully saturated rings. The molecule has 2 amide bonds. The van der Waals surface area contributed by atoms with Crippen LogP contribution in [-0.4, -0.2) is 25.2 Å². The number of rotatable bonds is 3. The topological polar surface area (TPSA) is 105 Å². The highest BCUT2D eigenvalue weighted by Crippen LogP contribution is 2.25. The Morgan fingerprint density at radius 2 is 1.68 bits per heavy atom. The number of aromatic nitrogens is 1. The van der Waals surface area contributed by atoms with E-state index in [4.69, 9.17) is 0 Å². The van der Waals surface area contributed by atoms with Crippen molar-refractivity contribution in [1.82, 2.24) is 10.3 Å². The minimum Gasteiger partial charge on any atom is -0.288 e. The van der Waals surface area contributed by atoms with Gasteiger partial charge >= 0.3 is 0 Å². The summed E-state index contributed by atoms with van der Waals surface area (Å²) in [6, 6.07) is 12.5. The zero-order valence-electron chi connectivity index (χ0n) is 12.7. The molecule has 2 heterocycles. The van der Waals surface area contributed by atoms with Crippen molar-refractivity contribution in [2.24, 2.45) is 0 Å². The van der Waals surface area contributed by atoms with Gasteiger partial charge in [0.05, 0.1) is 16.6 Å². The molecule has 0 saturated carbocycles. The fourth-order valence-corrected chi connectivity index (χ4v) is 3.96. The van der Waals surface area contributed by atoms with E-state index in [1.165, 1.54) is 30.5 Å². The van der Waals surface area contributed by atoms with E-state index in [1.54, 1.807) is 24.3 Å². The molecule has 0 spiro atoms. The van der Waals surface area contributed by atoms with E-state index < -0.39 is 21.8 Å². The molecule has 0 unspecified atom stereocenters. The highest BCUT2D eigenvalue weighted by molar-refractivity contribution is 7.93. The van der Waals surface area contributed by atoms with Crippen LogP contribution in [0.5, 0.6) is 0 Å². The van der Waals surface area contributed by atoms with Crippen LogP contribution in [0.25, 0.3) is 10.9 Å². The number of carbonyl (C=O) groups excluding carboxylic acids is 2. The maximum Gasteiger partial charge on any atom is 0.264 e. The Morgan fingerprint density at radius 3 is 2.52 bits per heavy atom. The third-order valence-electron chi connectivity index (χ3n) is 3.87. The number of fused-ring (bicyclic) bond motifs is 2. The number of nitrogens with zero attached hydrogens (tertiary/aromatic N) is 1. The molecule has 2 aromatic carbocycles. The third-order valence-corrected chi connectivity index (χ3v) is 5.29. The summed E-state index contributed by atoms with van der Waals surface area (Å²) in [5, 5.41) is 2.86. The lowest BCUT2D eigenvalue weighted by Crippen LogP contribution is -2.19. The molecular formula is C17H11N3O4S. The second-order valence-electron chi connectivity index (χ2n) is 5.48. The van der Waals surface area contributed by atoms with Crippen LogP contribution in [0.3, 0.4) is 0 Å². The number of anilines is 1. The van der Waals surface area contributed by atoms with Crippen molar-refractivity contribution in [3.63, 3.8) is 0 Å². The lowest BCUT2D eigenvalue weighted by Gasteiger charge is -2.10. The van der Waals surface area contributed by atoms with E-state index in [1.807, 2.05) is 0 Å². The summed E-state index contributed by atoms with van der Waals surface area (Å²) in [5.41, 5.74) is 0.907. The molecule has 4 rings (SSSR count). The Balaban J connectivity index is 1.76. The summed E-state index contributed by atoms with van der Waals surface area (Å²) in [7, 11) is -3.92. The first kappa shape index (κ1) is 15.3. The summed E-state index contributed by atoms with van der Waals surface area (Å²) in [6.07, 6.45) is 1.52. The maximum absolute atomic E-state index is 12.7. The molecule has 0 aliphatic carbocycles. The van der Waals surface area contributed by atoms with Gasteiger partial charge < -0.3 is 0 Å². The smallest absolute Gasteiger partial charge is 0.264 e. The molecule has 3 aromatic rings. The summed E-state index contributed by atoms with van der Waals surface area (Å²) >= 11 is 0. The number of sulfonamides is 1. The Bertz CT molecular complexity index is 1150. The fraction of sp³-hybridized carbons (Fsp3) is 0. The number of nitrogens with one attached hydrogen (secondary N) is 2. The highest BCUT2D eigenvalue weighted by Gasteiger charge is 2.27. The molecule has 2 N–H and O–H groups in total. The van der Waals surface area contributed by atoms with Crippen molar-refractivity contribution in [2.45, 2.75) is 4.90 Å². The van der Waals surface area contributed by atoms with E-state index in [-0.39, 0.29) is 21.7 Å². The Hall–Kier alpha value is -3.26. The molecular weight excluding hydrogens is 342 g/mol. The first-order valence-corrected chi connectivity index (χ1v) is 8.80. The molecule has 25 heavy (non-hydrogen) atoms. The van der Waals surface area contributed by atoms with Crippen LogP contribution in [0.4, 0.5) is 5.69 Å². The van der Waals surface area contributed by atoms with Gasteiger partial charge in [0.2, 0.25) is 0 Å². The second kappa shape index (κ2) is 5.38. The van der Waals surface area contributed by atoms with Crippen molar-refractivity contribution >= 4 is 38.4 Å². The van der Waals surface area contributed by atoms with Crippen molar-refractivity contribution in [3.8, 4) is 0 Å². The summed E-state index contributed by atoms with van der Waals surface area (Å²) < 4.78 is 27.9. The zero-order chi connectivity index (χ0) is 17.6. The van der Waals surface area contributed by atoms with Gasteiger partial charge in [-0.2, -0.15) is 0 Å². The normalized spacial score (nSPS) is 13.6. The van der Waals surface area contributed by atoms with Gasteiger partial charge in [-0.25, -0.2) is 8.42 Å². The van der Waals surface area contributed by atoms with Crippen molar-refractivity contribution in [1.29, 1.82) is 0 Å². The molecule has 1 aliphatic heterocycles. The summed E-state index contributed by atoms with van der Waals surface area (Å²) in [5.74, 6) is -1.04. The molecule has 7 nitrogen and oxygen atoms in total. The first-order valence-electron chi connectivity index (χ1n) is 7.32. The minimum atomic E-state index is -3.92. The van der Waals surface area contributed by atoms with Gasteiger partial charge in [0, 0.05) is 17.3 Å². The predicted molar refractivity (Wildman–Crippen MR) is 90.8 cm³/mol. The van der Waals surface area contributed by atoms with E-state index in [0.29, 0.717) is 10.9 Å². The Morgan fingerprint density at radius 1 is 0.920 bits per heavy atom. The molecule has 1 aliphatic rings. The van der Waals surface area contributed by atoms with Gasteiger partial charge in [0.25, 0.3) is 21.8 Å². The van der Waals surface area contributed by atoms with Gasteiger partial charge in [0.15, 0.2) is 0 Å². The van der Waals surface area contributed by atoms with Gasteiger partial charge in [-0.3, -0.25) is 24.6 Å². The molecule has 1 aromatic heterocycles. The first-order chi connectivity index (χ1) is 12.0. The lowest BCUT2D eigenvalue weighted by atomic mass is 10.1. The number of hydrogen-bond acceptors (Lipinski definition) is 5. The molecule has 0 bridgehead atoms. The molecule has 0 atom stereocenters. The van der Waals surface area contributed by atoms with Crippen LogP contribution in [0.2, 0.25) is 0 Å². The Kier molecular flexibility index (Phi) is 3.29. The largest absolute Gasteiger partial charge is 0.288 e. The van der Waals surface area contributed by atoms with Gasteiger partial charge in [-0.15, -0.1) is 0 Å². The third kappa shape index (κ3) is 2.52. The number of para-hydroxylation sites is 1. The number of carbonyl (C=O) groups is 2. The number of amides is 2. The lowest BCUT2D eigenvalue weighted by molar-refractivity contribution is 0.0879. The summed E-state index contributed by atoms with van der Waals surface area (Å²) in [4.78, 5) is 27.5. The van der Waals surface area contributed by atoms with E-state index >= 15 is 0 Å². The van der Waals surface area contributed by atoms with Crippen molar-refractivity contribution < 1.29 is 18.0 Å². The number of imide groups is 1. The minimum absolute atomic E-state index is 0.0339. The van der Waals surface area contributed by atoms with Gasteiger partial charge in [0.1, 0.15) is 4.90 Å². The van der Waals surface area contributed by atoms with Crippen LogP contribution >= 0.6 is 0 Å². The van der Waals surface area contributed by atoms with Crippen molar-refractivity contribution in [3.05, 3.63) is 65.9 Å². The van der Waals surface area contributed by atoms with Crippen LogP contribution in [0.15, 0.2) is 59.6 Å². The van der Waals surface area contributed by atoms with Crippen LogP contribution in [0, 0.1) is 0 Å². The zero-order valence-corrected chi connectivity index (χ0v) is 13.5. The van der Waals surface area contributed by atoms with Crippen molar-refractivity contribution in [2.75, 3.05) is 4.72 Å². The van der Waals surface area contributed by atoms with Gasteiger partial charge in [-0.1, -0.05) is 18.2 Å².